The predicted molar refractivity (Wildman–Crippen MR) is 285 cm³/mol. The second-order valence-electron chi connectivity index (χ2n) is 17.0. The fourth-order valence-corrected chi connectivity index (χ4v) is 7.52. The summed E-state index contributed by atoms with van der Waals surface area (Å²) in [5, 5.41) is 29.3. The number of methoxy groups -OCH3 is 4. The first-order valence-electron chi connectivity index (χ1n) is 23.6. The summed E-state index contributed by atoms with van der Waals surface area (Å²) in [6.45, 7) is 13.7. The Morgan fingerprint density at radius 2 is 1.35 bits per heavy atom. The number of hydrogen-bond acceptors (Lipinski definition) is 17. The SMILES string of the molecule is C#Cc1nc(NCc2ccc(OC)cc2)nc2c(OC)cccc12.CC(C)n1nccc1CN=[N+]=[N-].COC(=O)c1ccnn1C(C)C.COc1cccc2c(-c3cn(Cc4ccnn4C(C)C)nn3)nc(N)nc12. The molecule has 0 saturated carbocycles. The Bertz CT molecular complexity index is 3400. The van der Waals surface area contributed by atoms with Gasteiger partial charge in [0.15, 0.2) is 0 Å². The van der Waals surface area contributed by atoms with Crippen LogP contribution in [0.2, 0.25) is 0 Å². The van der Waals surface area contributed by atoms with Crippen molar-refractivity contribution in [3.05, 3.63) is 142 Å². The van der Waals surface area contributed by atoms with Gasteiger partial charge < -0.3 is 30.0 Å². The number of para-hydroxylation sites is 2. The molecule has 6 heterocycles. The van der Waals surface area contributed by atoms with Crippen LogP contribution in [-0.2, 0) is 24.4 Å². The summed E-state index contributed by atoms with van der Waals surface area (Å²) in [6.07, 6.45) is 12.5. The van der Waals surface area contributed by atoms with Crippen LogP contribution in [0.5, 0.6) is 17.2 Å². The van der Waals surface area contributed by atoms with Gasteiger partial charge in [0, 0.05) is 64.6 Å². The van der Waals surface area contributed by atoms with Crippen LogP contribution in [0.25, 0.3) is 43.6 Å². The zero-order chi connectivity index (χ0) is 54.0. The van der Waals surface area contributed by atoms with Crippen LogP contribution >= 0.6 is 0 Å². The number of ether oxygens (including phenoxy) is 4. The van der Waals surface area contributed by atoms with Gasteiger partial charge in [-0.15, -0.1) is 11.5 Å². The highest BCUT2D eigenvalue weighted by atomic mass is 16.5. The van der Waals surface area contributed by atoms with Crippen LogP contribution < -0.4 is 25.3 Å². The molecule has 0 spiro atoms. The van der Waals surface area contributed by atoms with Crippen molar-refractivity contribution in [3.63, 3.8) is 0 Å². The average molecular weight is 1020 g/mol. The summed E-state index contributed by atoms with van der Waals surface area (Å²) in [5.41, 5.74) is 20.7. The molecule has 0 bridgehead atoms. The van der Waals surface area contributed by atoms with Crippen molar-refractivity contribution >= 4 is 39.7 Å². The third-order valence-electron chi connectivity index (χ3n) is 11.0. The molecule has 0 saturated heterocycles. The second kappa shape index (κ2) is 26.2. The molecule has 23 heteroatoms. The van der Waals surface area contributed by atoms with Gasteiger partial charge in [-0.3, -0.25) is 14.0 Å². The quantitative estimate of drug-likeness (QED) is 0.0318. The fraction of sp³-hybridized carbons (Fsp3) is 0.308. The average Bonchev–Trinajstić information content (AvgIpc) is 4.28. The lowest BCUT2D eigenvalue weighted by Gasteiger charge is -2.10. The van der Waals surface area contributed by atoms with E-state index in [2.05, 4.69) is 85.4 Å². The van der Waals surface area contributed by atoms with E-state index in [1.807, 2.05) is 116 Å². The maximum Gasteiger partial charge on any atom is 0.356 e. The minimum absolute atomic E-state index is 0.162. The lowest BCUT2D eigenvalue weighted by Crippen LogP contribution is -2.13. The van der Waals surface area contributed by atoms with Gasteiger partial charge in [-0.25, -0.2) is 29.4 Å². The van der Waals surface area contributed by atoms with Crippen molar-refractivity contribution in [1.82, 2.24) is 64.3 Å². The number of hydrogen-bond donors (Lipinski definition) is 2. The van der Waals surface area contributed by atoms with E-state index >= 15 is 0 Å². The van der Waals surface area contributed by atoms with Gasteiger partial charge in [0.2, 0.25) is 11.9 Å². The minimum atomic E-state index is -0.346. The molecule has 0 atom stereocenters. The standard InChI is InChI=1S/C19H17N3O2.C18H20N8O.C8H12N2O2.C7H11N5/c1-4-16-15-6-5-7-17(24-3)18(15)22-19(21-16)20-12-13-8-10-14(23-2)11-9-13;1-11(2)26-12(7-8-20-26)9-25-10-14(23-24-25)16-13-5-4-6-15(27-3)17(13)22-18(19)21-16;1-6(2)10-7(4-5-9-10)8(11)12-3;1-6(2)12-7(3-4-10-12)5-9-11-8/h1,5-11H,12H2,2-3H3,(H,20,21,22);4-8,10-11H,9H2,1-3H3,(H2,19,21,22);4-6H,1-3H3;3-4,6H,5H2,1-2H3. The smallest absolute Gasteiger partial charge is 0.356 e. The molecule has 388 valence electrons. The van der Waals surface area contributed by atoms with Gasteiger partial charge in [-0.05, 0) is 107 Å². The normalized spacial score (nSPS) is 10.6. The maximum atomic E-state index is 11.1. The predicted octanol–water partition coefficient (Wildman–Crippen LogP) is 9.07. The summed E-state index contributed by atoms with van der Waals surface area (Å²) < 4.78 is 27.7. The molecule has 0 aliphatic heterocycles. The summed E-state index contributed by atoms with van der Waals surface area (Å²) in [5.74, 6) is 5.02. The molecule has 6 aromatic heterocycles. The Balaban J connectivity index is 0.000000173. The van der Waals surface area contributed by atoms with Crippen LogP contribution in [0.15, 0.2) is 109 Å². The summed E-state index contributed by atoms with van der Waals surface area (Å²) >= 11 is 0. The van der Waals surface area contributed by atoms with Crippen molar-refractivity contribution in [2.75, 3.05) is 39.5 Å². The van der Waals surface area contributed by atoms with E-state index in [1.165, 1.54) is 7.11 Å². The molecule has 75 heavy (non-hydrogen) atoms. The number of carbonyl (C=O) groups is 1. The van der Waals surface area contributed by atoms with Gasteiger partial charge >= 0.3 is 5.97 Å². The Labute approximate surface area is 433 Å². The van der Waals surface area contributed by atoms with E-state index in [-0.39, 0.29) is 24.0 Å². The number of nitrogens with one attached hydrogen (secondary N) is 1. The van der Waals surface area contributed by atoms with Gasteiger partial charge in [-0.2, -0.15) is 15.3 Å². The van der Waals surface area contributed by atoms with Gasteiger partial charge in [0.25, 0.3) is 0 Å². The lowest BCUT2D eigenvalue weighted by molar-refractivity contribution is 0.0584. The highest BCUT2D eigenvalue weighted by Crippen LogP contribution is 2.31. The summed E-state index contributed by atoms with van der Waals surface area (Å²) in [7, 11) is 6.21. The van der Waals surface area contributed by atoms with E-state index in [0.29, 0.717) is 76.9 Å². The first-order chi connectivity index (χ1) is 36.2. The monoisotopic (exact) mass is 1020 g/mol. The van der Waals surface area contributed by atoms with E-state index in [4.69, 9.17) is 31.9 Å². The maximum absolute atomic E-state index is 11.1. The Morgan fingerprint density at radius 3 is 1.95 bits per heavy atom. The Morgan fingerprint density at radius 1 is 0.747 bits per heavy atom. The first kappa shape index (κ1) is 54.8. The topological polar surface area (TPSA) is 277 Å². The molecule has 3 aromatic carbocycles. The zero-order valence-electron chi connectivity index (χ0n) is 43.5. The number of nitrogen functional groups attached to an aromatic ring is 1. The molecule has 9 aromatic rings. The van der Waals surface area contributed by atoms with E-state index in [1.54, 1.807) is 55.3 Å². The fourth-order valence-electron chi connectivity index (χ4n) is 7.52. The lowest BCUT2D eigenvalue weighted by atomic mass is 10.1. The number of aromatic nitrogens is 13. The third kappa shape index (κ3) is 13.9. The molecule has 3 N–H and O–H groups in total. The first-order valence-corrected chi connectivity index (χ1v) is 23.6. The Kier molecular flexibility index (Phi) is 19.2. The number of carbonyl (C=O) groups excluding carboxylic acids is 1. The van der Waals surface area contributed by atoms with Crippen LogP contribution in [-0.4, -0.2) is 98.7 Å². The molecule has 0 aliphatic rings. The van der Waals surface area contributed by atoms with Crippen LogP contribution in [0.4, 0.5) is 11.9 Å². The number of rotatable bonds is 15. The van der Waals surface area contributed by atoms with Crippen molar-refractivity contribution in [3.8, 4) is 41.0 Å². The number of benzene rings is 3. The molecule has 23 nitrogen and oxygen atoms in total. The van der Waals surface area contributed by atoms with Gasteiger partial charge in [0.1, 0.15) is 51.1 Å². The zero-order valence-corrected chi connectivity index (χ0v) is 43.5. The number of esters is 1. The summed E-state index contributed by atoms with van der Waals surface area (Å²) in [6, 6.07) is 25.3. The Hall–Kier alpha value is -9.55. The minimum Gasteiger partial charge on any atom is -0.497 e. The van der Waals surface area contributed by atoms with E-state index in [9.17, 15) is 4.79 Å². The van der Waals surface area contributed by atoms with Crippen LogP contribution in [0.3, 0.4) is 0 Å². The molecule has 0 amide bonds. The largest absolute Gasteiger partial charge is 0.497 e. The van der Waals surface area contributed by atoms with Gasteiger partial charge in [-0.1, -0.05) is 40.7 Å². The number of terminal acetylenes is 1. The number of nitrogens with two attached hydrogens (primary N) is 1. The van der Waals surface area contributed by atoms with Crippen molar-refractivity contribution in [2.24, 2.45) is 5.11 Å². The molecular weight excluding hydrogens is 957 g/mol. The molecule has 0 radical (unpaired) electrons. The van der Waals surface area contributed by atoms with Crippen molar-refractivity contribution < 1.29 is 23.7 Å². The van der Waals surface area contributed by atoms with E-state index in [0.717, 1.165) is 33.5 Å². The van der Waals surface area contributed by atoms with E-state index < -0.39 is 0 Å². The molecule has 0 unspecified atom stereocenters. The second-order valence-corrected chi connectivity index (χ2v) is 17.0. The number of anilines is 2. The summed E-state index contributed by atoms with van der Waals surface area (Å²) in [4.78, 5) is 31.4. The molecule has 0 aliphatic carbocycles. The third-order valence-corrected chi connectivity index (χ3v) is 11.0. The highest BCUT2D eigenvalue weighted by molar-refractivity contribution is 5.95. The molecule has 9 rings (SSSR count). The molecular formula is C52H60N18O5. The highest BCUT2D eigenvalue weighted by Gasteiger charge is 2.17. The van der Waals surface area contributed by atoms with Gasteiger partial charge in [0.05, 0.1) is 53.4 Å². The number of azide groups is 1. The number of fused-ring (bicyclic) bond motifs is 2. The van der Waals surface area contributed by atoms with Crippen molar-refractivity contribution in [1.29, 1.82) is 0 Å². The van der Waals surface area contributed by atoms with Crippen LogP contribution in [0.1, 0.15) is 92.8 Å². The van der Waals surface area contributed by atoms with Crippen molar-refractivity contribution in [2.45, 2.75) is 79.3 Å². The molecule has 0 fully saturated rings. The van der Waals surface area contributed by atoms with Crippen LogP contribution in [0, 0.1) is 12.3 Å². The number of nitrogens with zero attached hydrogens (tertiary/aromatic N) is 16.